The minimum absolute atomic E-state index is 0.745. The highest BCUT2D eigenvalue weighted by Crippen LogP contribution is 2.66. The Balaban J connectivity index is 2.02. The zero-order valence-electron chi connectivity index (χ0n) is 8.93. The maximum atomic E-state index is 2.52. The van der Waals surface area contributed by atoms with Crippen LogP contribution in [0.25, 0.3) is 0 Å². The maximum absolute atomic E-state index is 2.52. The summed E-state index contributed by atoms with van der Waals surface area (Å²) in [4.78, 5) is 0. The van der Waals surface area contributed by atoms with Crippen molar-refractivity contribution in [2.75, 3.05) is 0 Å². The van der Waals surface area contributed by atoms with Crippen LogP contribution in [0, 0.1) is 29.1 Å². The molecule has 3 aliphatic carbocycles. The van der Waals surface area contributed by atoms with Gasteiger partial charge in [0.25, 0.3) is 0 Å². The Labute approximate surface area is 76.7 Å². The van der Waals surface area contributed by atoms with Crippen molar-refractivity contribution in [2.24, 2.45) is 29.1 Å². The predicted molar refractivity (Wildman–Crippen MR) is 52.9 cm³/mol. The first kappa shape index (κ1) is 8.59. The molecule has 0 amide bonds. The fraction of sp³-hybridized carbons (Fsp3) is 1.00. The number of rotatable bonds is 2. The summed E-state index contributed by atoms with van der Waals surface area (Å²) in [6, 6.07) is 0. The van der Waals surface area contributed by atoms with Gasteiger partial charge in [-0.15, -0.1) is 0 Å². The molecule has 0 spiro atoms. The normalized spacial score (nSPS) is 51.2. The number of fused-ring (bicyclic) bond motifs is 1. The molecular weight excluding hydrogens is 144 g/mol. The van der Waals surface area contributed by atoms with Crippen LogP contribution < -0.4 is 0 Å². The summed E-state index contributed by atoms with van der Waals surface area (Å²) in [5.41, 5.74) is 0.745. The summed E-state index contributed by atoms with van der Waals surface area (Å²) in [6.45, 7) is 9.72. The molecule has 12 heavy (non-hydrogen) atoms. The molecule has 0 aromatic carbocycles. The zero-order valence-corrected chi connectivity index (χ0v) is 8.93. The Morgan fingerprint density at radius 3 is 2.42 bits per heavy atom. The first-order valence-electron chi connectivity index (χ1n) is 5.54. The van der Waals surface area contributed by atoms with E-state index < -0.39 is 0 Å². The first-order valence-corrected chi connectivity index (χ1v) is 5.54. The van der Waals surface area contributed by atoms with Gasteiger partial charge in [0.2, 0.25) is 0 Å². The van der Waals surface area contributed by atoms with Gasteiger partial charge in [0, 0.05) is 0 Å². The monoisotopic (exact) mass is 166 g/mol. The second-order valence-corrected chi connectivity index (χ2v) is 5.82. The molecule has 4 atom stereocenters. The van der Waals surface area contributed by atoms with Crippen LogP contribution in [-0.2, 0) is 0 Å². The van der Waals surface area contributed by atoms with E-state index in [-0.39, 0.29) is 0 Å². The smallest absolute Gasteiger partial charge is 0.0266 e. The lowest BCUT2D eigenvalue weighted by molar-refractivity contribution is 0.0336. The summed E-state index contributed by atoms with van der Waals surface area (Å²) in [5, 5.41) is 0. The molecule has 0 radical (unpaired) electrons. The van der Waals surface area contributed by atoms with E-state index in [0.717, 1.165) is 29.1 Å². The second kappa shape index (κ2) is 2.49. The van der Waals surface area contributed by atoms with Crippen molar-refractivity contribution in [3.63, 3.8) is 0 Å². The van der Waals surface area contributed by atoms with Crippen LogP contribution in [-0.4, -0.2) is 0 Å². The molecular formula is C12H22. The van der Waals surface area contributed by atoms with Gasteiger partial charge >= 0.3 is 0 Å². The highest BCUT2D eigenvalue weighted by Gasteiger charge is 2.58. The molecule has 3 rings (SSSR count). The lowest BCUT2D eigenvalue weighted by Gasteiger charge is -2.45. The van der Waals surface area contributed by atoms with Crippen molar-refractivity contribution in [2.45, 2.75) is 47.0 Å². The molecule has 4 unspecified atom stereocenters. The van der Waals surface area contributed by atoms with Gasteiger partial charge in [-0.2, -0.15) is 0 Å². The highest BCUT2D eigenvalue weighted by atomic mass is 14.6. The zero-order chi connectivity index (χ0) is 8.93. The number of hydrogen-bond donors (Lipinski definition) is 0. The maximum Gasteiger partial charge on any atom is -0.0266 e. The van der Waals surface area contributed by atoms with Crippen LogP contribution in [0.5, 0.6) is 0 Å². The number of hydrogen-bond acceptors (Lipinski definition) is 0. The summed E-state index contributed by atoms with van der Waals surface area (Å²) < 4.78 is 0. The molecule has 3 aliphatic rings. The van der Waals surface area contributed by atoms with Crippen molar-refractivity contribution in [3.8, 4) is 0 Å². The van der Waals surface area contributed by atoms with Crippen molar-refractivity contribution in [1.82, 2.24) is 0 Å². The molecule has 3 saturated carbocycles. The van der Waals surface area contributed by atoms with Crippen LogP contribution in [0.1, 0.15) is 47.0 Å². The molecule has 0 N–H and O–H groups in total. The lowest BCUT2D eigenvalue weighted by Crippen LogP contribution is -2.38. The van der Waals surface area contributed by atoms with E-state index in [9.17, 15) is 0 Å². The van der Waals surface area contributed by atoms with Crippen LogP contribution >= 0.6 is 0 Å². The minimum Gasteiger partial charge on any atom is -0.0628 e. The Kier molecular flexibility index (Phi) is 1.79. The summed E-state index contributed by atoms with van der Waals surface area (Å²) in [6.07, 6.45) is 4.54. The Hall–Kier alpha value is 0. The van der Waals surface area contributed by atoms with E-state index in [1.807, 2.05) is 0 Å². The quantitative estimate of drug-likeness (QED) is 0.586. The Morgan fingerprint density at radius 1 is 1.42 bits per heavy atom. The van der Waals surface area contributed by atoms with Gasteiger partial charge in [0.15, 0.2) is 0 Å². The molecule has 0 aromatic rings. The van der Waals surface area contributed by atoms with Crippen molar-refractivity contribution < 1.29 is 0 Å². The van der Waals surface area contributed by atoms with E-state index in [2.05, 4.69) is 27.7 Å². The SMILES string of the molecule is CC(C)CC1CC2CC1(C)C2C. The molecule has 0 heteroatoms. The average Bonchev–Trinajstić information content (AvgIpc) is 2.39. The third-order valence-electron chi connectivity index (χ3n) is 4.73. The second-order valence-electron chi connectivity index (χ2n) is 5.82. The van der Waals surface area contributed by atoms with E-state index in [4.69, 9.17) is 0 Å². The standard InChI is InChI=1S/C12H22/c1-8(2)5-11-6-10-7-12(11,4)9(10)3/h8-11H,5-7H2,1-4H3. The highest BCUT2D eigenvalue weighted by molar-refractivity contribution is 5.08. The van der Waals surface area contributed by atoms with E-state index in [1.165, 1.54) is 19.3 Å². The van der Waals surface area contributed by atoms with Gasteiger partial charge in [0.1, 0.15) is 0 Å². The van der Waals surface area contributed by atoms with Crippen molar-refractivity contribution in [1.29, 1.82) is 0 Å². The van der Waals surface area contributed by atoms with Gasteiger partial charge in [0.05, 0.1) is 0 Å². The van der Waals surface area contributed by atoms with Gasteiger partial charge in [-0.05, 0) is 48.3 Å². The van der Waals surface area contributed by atoms with Crippen LogP contribution in [0.15, 0.2) is 0 Å². The van der Waals surface area contributed by atoms with Crippen LogP contribution in [0.4, 0.5) is 0 Å². The molecule has 0 saturated heterocycles. The van der Waals surface area contributed by atoms with Crippen molar-refractivity contribution in [3.05, 3.63) is 0 Å². The van der Waals surface area contributed by atoms with Gasteiger partial charge < -0.3 is 0 Å². The van der Waals surface area contributed by atoms with Gasteiger partial charge in [-0.3, -0.25) is 0 Å². The van der Waals surface area contributed by atoms with Crippen molar-refractivity contribution >= 4 is 0 Å². The van der Waals surface area contributed by atoms with Crippen LogP contribution in [0.2, 0.25) is 0 Å². The average molecular weight is 166 g/mol. The van der Waals surface area contributed by atoms with E-state index >= 15 is 0 Å². The van der Waals surface area contributed by atoms with Gasteiger partial charge in [-0.25, -0.2) is 0 Å². The fourth-order valence-corrected chi connectivity index (χ4v) is 3.70. The molecule has 70 valence electrons. The Bertz CT molecular complexity index is 182. The summed E-state index contributed by atoms with van der Waals surface area (Å²) in [7, 11) is 0. The van der Waals surface area contributed by atoms with E-state index in [1.54, 1.807) is 0 Å². The van der Waals surface area contributed by atoms with E-state index in [0.29, 0.717) is 0 Å². The fourth-order valence-electron chi connectivity index (χ4n) is 3.70. The molecule has 2 bridgehead atoms. The molecule has 0 aromatic heterocycles. The molecule has 0 aliphatic heterocycles. The lowest BCUT2D eigenvalue weighted by atomic mass is 9.59. The largest absolute Gasteiger partial charge is 0.0628 e. The Morgan fingerprint density at radius 2 is 2.08 bits per heavy atom. The third-order valence-corrected chi connectivity index (χ3v) is 4.73. The first-order chi connectivity index (χ1) is 5.54. The topological polar surface area (TPSA) is 0 Å². The van der Waals surface area contributed by atoms with Gasteiger partial charge in [-0.1, -0.05) is 27.7 Å². The summed E-state index contributed by atoms with van der Waals surface area (Å²) in [5.74, 6) is 4.08. The van der Waals surface area contributed by atoms with Crippen LogP contribution in [0.3, 0.4) is 0 Å². The summed E-state index contributed by atoms with van der Waals surface area (Å²) >= 11 is 0. The third kappa shape index (κ3) is 0.963. The molecule has 3 fully saturated rings. The molecule has 0 heterocycles. The molecule has 0 nitrogen and oxygen atoms in total. The predicted octanol–water partition coefficient (Wildman–Crippen LogP) is 3.71. The minimum atomic E-state index is 0.745.